The Labute approximate surface area is 96.7 Å². The molecule has 1 heterocycles. The Morgan fingerprint density at radius 3 is 2.44 bits per heavy atom. The molecule has 1 aromatic rings. The highest BCUT2D eigenvalue weighted by Crippen LogP contribution is 2.35. The summed E-state index contributed by atoms with van der Waals surface area (Å²) in [5.74, 6) is 1.36. The number of rotatable bonds is 4. The van der Waals surface area contributed by atoms with Crippen LogP contribution in [0.1, 0.15) is 44.6 Å². The largest absolute Gasteiger partial charge is 0.348 e. The third-order valence-corrected chi connectivity index (χ3v) is 3.21. The monoisotopic (exact) mass is 220 g/mol. The molecule has 1 saturated carbocycles. The Balaban J connectivity index is 2.01. The first-order valence-electron chi connectivity index (χ1n) is 5.91. The number of nitrogens with one attached hydrogen (secondary N) is 1. The molecule has 4 nitrogen and oxygen atoms in total. The van der Waals surface area contributed by atoms with Crippen LogP contribution in [0, 0.1) is 0 Å². The highest BCUT2D eigenvalue weighted by Gasteiger charge is 2.21. The zero-order valence-electron chi connectivity index (χ0n) is 10.0. The average molecular weight is 220 g/mol. The highest BCUT2D eigenvalue weighted by atomic mass is 15.1. The maximum absolute atomic E-state index is 5.64. The van der Waals surface area contributed by atoms with Crippen molar-refractivity contribution in [2.45, 2.75) is 44.6 Å². The van der Waals surface area contributed by atoms with Crippen molar-refractivity contribution in [3.8, 4) is 0 Å². The zero-order valence-corrected chi connectivity index (χ0v) is 10.0. The van der Waals surface area contributed by atoms with Crippen LogP contribution in [0.25, 0.3) is 0 Å². The smallest absolute Gasteiger partial charge is 0.223 e. The molecule has 0 aromatic carbocycles. The summed E-state index contributed by atoms with van der Waals surface area (Å²) in [4.78, 5) is 8.67. The fraction of sp³-hybridized carbons (Fsp3) is 0.667. The molecule has 0 unspecified atom stereocenters. The van der Waals surface area contributed by atoms with Gasteiger partial charge in [-0.25, -0.2) is 9.97 Å². The van der Waals surface area contributed by atoms with Gasteiger partial charge in [-0.3, -0.25) is 0 Å². The maximum Gasteiger partial charge on any atom is 0.223 e. The summed E-state index contributed by atoms with van der Waals surface area (Å²) >= 11 is 0. The molecule has 0 saturated heterocycles. The van der Waals surface area contributed by atoms with Crippen LogP contribution < -0.4 is 11.1 Å². The van der Waals surface area contributed by atoms with E-state index >= 15 is 0 Å². The van der Waals surface area contributed by atoms with Gasteiger partial charge in [0.2, 0.25) is 5.95 Å². The van der Waals surface area contributed by atoms with E-state index in [1.165, 1.54) is 24.8 Å². The van der Waals surface area contributed by atoms with Crippen molar-refractivity contribution in [3.05, 3.63) is 18.0 Å². The molecule has 0 amide bonds. The van der Waals surface area contributed by atoms with E-state index in [2.05, 4.69) is 15.3 Å². The van der Waals surface area contributed by atoms with Crippen LogP contribution in [0.5, 0.6) is 0 Å². The molecule has 1 aliphatic carbocycles. The first kappa shape index (κ1) is 11.3. The van der Waals surface area contributed by atoms with E-state index in [4.69, 9.17) is 5.73 Å². The molecule has 4 heteroatoms. The number of nitrogens with zero attached hydrogens (tertiary/aromatic N) is 2. The first-order valence-corrected chi connectivity index (χ1v) is 5.91. The Morgan fingerprint density at radius 2 is 2.00 bits per heavy atom. The van der Waals surface area contributed by atoms with E-state index < -0.39 is 0 Å². The third kappa shape index (κ3) is 2.50. The van der Waals surface area contributed by atoms with Crippen LogP contribution >= 0.6 is 0 Å². The van der Waals surface area contributed by atoms with Crippen molar-refractivity contribution in [2.24, 2.45) is 5.73 Å². The third-order valence-electron chi connectivity index (χ3n) is 3.21. The SMILES string of the molecule is CC(C)(CN)Nc1ncc(C2CCC2)cn1. The molecule has 1 aromatic heterocycles. The molecule has 2 rings (SSSR count). The van der Waals surface area contributed by atoms with Gasteiger partial charge in [-0.05, 0) is 38.2 Å². The number of anilines is 1. The summed E-state index contributed by atoms with van der Waals surface area (Å²) in [5, 5.41) is 3.22. The molecule has 0 radical (unpaired) electrons. The lowest BCUT2D eigenvalue weighted by molar-refractivity contribution is 0.417. The van der Waals surface area contributed by atoms with Crippen LogP contribution in [0.15, 0.2) is 12.4 Å². The maximum atomic E-state index is 5.64. The van der Waals surface area contributed by atoms with Crippen molar-refractivity contribution in [1.29, 1.82) is 0 Å². The lowest BCUT2D eigenvalue weighted by atomic mass is 9.81. The fourth-order valence-corrected chi connectivity index (χ4v) is 1.71. The Morgan fingerprint density at radius 1 is 1.38 bits per heavy atom. The second kappa shape index (κ2) is 4.37. The molecular formula is C12H20N4. The van der Waals surface area contributed by atoms with E-state index in [0.29, 0.717) is 18.4 Å². The minimum Gasteiger partial charge on any atom is -0.348 e. The summed E-state index contributed by atoms with van der Waals surface area (Å²) in [6.45, 7) is 4.63. The molecule has 16 heavy (non-hydrogen) atoms. The average Bonchev–Trinajstić information content (AvgIpc) is 2.18. The van der Waals surface area contributed by atoms with Gasteiger partial charge in [0.05, 0.1) is 0 Å². The van der Waals surface area contributed by atoms with Gasteiger partial charge in [0, 0.05) is 24.5 Å². The molecular weight excluding hydrogens is 200 g/mol. The van der Waals surface area contributed by atoms with E-state index in [-0.39, 0.29) is 5.54 Å². The van der Waals surface area contributed by atoms with Gasteiger partial charge >= 0.3 is 0 Å². The van der Waals surface area contributed by atoms with Crippen LogP contribution in [0.2, 0.25) is 0 Å². The topological polar surface area (TPSA) is 63.8 Å². The summed E-state index contributed by atoms with van der Waals surface area (Å²) in [7, 11) is 0. The molecule has 1 aliphatic rings. The van der Waals surface area contributed by atoms with Gasteiger partial charge < -0.3 is 11.1 Å². The molecule has 3 N–H and O–H groups in total. The zero-order chi connectivity index (χ0) is 11.6. The molecule has 0 atom stereocenters. The van der Waals surface area contributed by atoms with Crippen molar-refractivity contribution >= 4 is 5.95 Å². The Kier molecular flexibility index (Phi) is 3.10. The predicted octanol–water partition coefficient (Wildman–Crippen LogP) is 1.89. The minimum absolute atomic E-state index is 0.155. The quantitative estimate of drug-likeness (QED) is 0.813. The first-order chi connectivity index (χ1) is 7.61. The minimum atomic E-state index is -0.155. The van der Waals surface area contributed by atoms with Gasteiger partial charge in [-0.15, -0.1) is 0 Å². The van der Waals surface area contributed by atoms with E-state index in [9.17, 15) is 0 Å². The highest BCUT2D eigenvalue weighted by molar-refractivity contribution is 5.30. The molecule has 0 bridgehead atoms. The van der Waals surface area contributed by atoms with Crippen LogP contribution in [0.3, 0.4) is 0 Å². The van der Waals surface area contributed by atoms with Crippen LogP contribution in [-0.2, 0) is 0 Å². The predicted molar refractivity (Wildman–Crippen MR) is 65.4 cm³/mol. The second-order valence-corrected chi connectivity index (χ2v) is 5.18. The summed E-state index contributed by atoms with van der Waals surface area (Å²) in [6.07, 6.45) is 7.78. The van der Waals surface area contributed by atoms with E-state index in [1.807, 2.05) is 26.2 Å². The fourth-order valence-electron chi connectivity index (χ4n) is 1.71. The number of aromatic nitrogens is 2. The van der Waals surface area contributed by atoms with E-state index in [1.54, 1.807) is 0 Å². The number of hydrogen-bond donors (Lipinski definition) is 2. The normalized spacial score (nSPS) is 16.9. The van der Waals surface area contributed by atoms with Crippen molar-refractivity contribution in [2.75, 3.05) is 11.9 Å². The standard InChI is InChI=1S/C12H20N4/c1-12(2,8-13)16-11-14-6-10(7-15-11)9-4-3-5-9/h6-7,9H,3-5,8,13H2,1-2H3,(H,14,15,16). The Bertz CT molecular complexity index is 341. The van der Waals surface area contributed by atoms with Gasteiger partial charge in [0.15, 0.2) is 0 Å². The Hall–Kier alpha value is -1.16. The summed E-state index contributed by atoms with van der Waals surface area (Å²) < 4.78 is 0. The van der Waals surface area contributed by atoms with Gasteiger partial charge in [0.1, 0.15) is 0 Å². The summed E-state index contributed by atoms with van der Waals surface area (Å²) in [5.41, 5.74) is 6.76. The van der Waals surface area contributed by atoms with E-state index in [0.717, 1.165) is 0 Å². The van der Waals surface area contributed by atoms with Gasteiger partial charge in [-0.1, -0.05) is 6.42 Å². The van der Waals surface area contributed by atoms with Gasteiger partial charge in [-0.2, -0.15) is 0 Å². The molecule has 1 fully saturated rings. The number of hydrogen-bond acceptors (Lipinski definition) is 4. The lowest BCUT2D eigenvalue weighted by Crippen LogP contribution is -2.39. The van der Waals surface area contributed by atoms with Crippen LogP contribution in [-0.4, -0.2) is 22.1 Å². The number of nitrogens with two attached hydrogens (primary N) is 1. The molecule has 0 aliphatic heterocycles. The molecule has 0 spiro atoms. The lowest BCUT2D eigenvalue weighted by Gasteiger charge is -2.26. The second-order valence-electron chi connectivity index (χ2n) is 5.18. The van der Waals surface area contributed by atoms with Gasteiger partial charge in [0.25, 0.3) is 0 Å². The molecule has 88 valence electrons. The van der Waals surface area contributed by atoms with Crippen molar-refractivity contribution in [1.82, 2.24) is 9.97 Å². The summed E-state index contributed by atoms with van der Waals surface area (Å²) in [6, 6.07) is 0. The van der Waals surface area contributed by atoms with Crippen molar-refractivity contribution in [3.63, 3.8) is 0 Å². The van der Waals surface area contributed by atoms with Crippen LogP contribution in [0.4, 0.5) is 5.95 Å². The van der Waals surface area contributed by atoms with Crippen molar-refractivity contribution < 1.29 is 0 Å².